The summed E-state index contributed by atoms with van der Waals surface area (Å²) in [6.45, 7) is 0.154. The molecule has 1 amide bonds. The molecule has 0 saturated heterocycles. The second-order valence-corrected chi connectivity index (χ2v) is 11.9. The number of nitrogens with two attached hydrogens (primary N) is 1. The number of rotatable bonds is 9. The van der Waals surface area contributed by atoms with Gasteiger partial charge in [-0.05, 0) is 78.1 Å². The second-order valence-electron chi connectivity index (χ2n) is 11.9. The molecule has 11 nitrogen and oxygen atoms in total. The van der Waals surface area contributed by atoms with Crippen molar-refractivity contribution in [2.75, 3.05) is 5.73 Å². The molecule has 246 valence electrons. The van der Waals surface area contributed by atoms with Gasteiger partial charge in [-0.2, -0.15) is 5.10 Å². The Balaban J connectivity index is 1.09. The fourth-order valence-corrected chi connectivity index (χ4v) is 6.34. The average Bonchev–Trinajstić information content (AvgIpc) is 3.90. The number of aryl methyl sites for hydroxylation is 1. The largest absolute Gasteiger partial charge is 0.488 e. The minimum atomic E-state index is -0.777. The number of fused-ring (bicyclic) bond motifs is 2. The van der Waals surface area contributed by atoms with E-state index in [9.17, 15) is 9.59 Å². The summed E-state index contributed by atoms with van der Waals surface area (Å²) in [5, 5.41) is 7.30. The molecule has 3 N–H and O–H groups in total. The van der Waals surface area contributed by atoms with Crippen molar-refractivity contribution in [1.82, 2.24) is 34.6 Å². The van der Waals surface area contributed by atoms with Crippen LogP contribution in [0, 0.1) is 5.82 Å². The molecular formula is C38H29FN8O3. The first-order chi connectivity index (χ1) is 24.5. The first-order valence-electron chi connectivity index (χ1n) is 16.0. The van der Waals surface area contributed by atoms with Crippen LogP contribution in [0.15, 0.2) is 110 Å². The number of hydrogen-bond donors (Lipinski definition) is 2. The standard InChI is InChI=1S/C38H29FN8O3/c39-30-20-33(50-22-23-6-2-1-3-7-23)25(21-48)19-29(30)38(49)44-31-12-9-24-18-26(10-11-27(24)31)47-36(28-8-4-15-41-35(28)40)43-32-13-14-34(45-37(32)47)46-17-5-16-42-46/h1-8,10-11,13-21,31H,9,12,22H2,(H2,40,41)(H,44,49). The molecule has 0 aliphatic heterocycles. The highest BCUT2D eigenvalue weighted by Gasteiger charge is 2.28. The molecule has 7 aromatic rings. The van der Waals surface area contributed by atoms with Crippen molar-refractivity contribution in [2.24, 2.45) is 0 Å². The number of amides is 1. The molecule has 1 atom stereocenters. The molecule has 0 saturated carbocycles. The Bertz CT molecular complexity index is 2390. The van der Waals surface area contributed by atoms with Crippen molar-refractivity contribution < 1.29 is 18.7 Å². The number of hydrogen-bond acceptors (Lipinski definition) is 8. The lowest BCUT2D eigenvalue weighted by molar-refractivity contribution is 0.0932. The zero-order valence-electron chi connectivity index (χ0n) is 26.5. The topological polar surface area (TPSA) is 143 Å². The number of carbonyl (C=O) groups excluding carboxylic acids is 2. The van der Waals surface area contributed by atoms with E-state index in [2.05, 4.69) is 15.4 Å². The van der Waals surface area contributed by atoms with Gasteiger partial charge < -0.3 is 15.8 Å². The van der Waals surface area contributed by atoms with Crippen LogP contribution in [0.3, 0.4) is 0 Å². The predicted molar refractivity (Wildman–Crippen MR) is 185 cm³/mol. The van der Waals surface area contributed by atoms with Gasteiger partial charge in [0.25, 0.3) is 5.91 Å². The van der Waals surface area contributed by atoms with E-state index in [-0.39, 0.29) is 29.5 Å². The Kier molecular flexibility index (Phi) is 7.80. The number of nitrogens with zero attached hydrogens (tertiary/aromatic N) is 6. The van der Waals surface area contributed by atoms with E-state index in [0.29, 0.717) is 53.3 Å². The molecular weight excluding hydrogens is 635 g/mol. The predicted octanol–water partition coefficient (Wildman–Crippen LogP) is 6.20. The molecule has 0 bridgehead atoms. The Morgan fingerprint density at radius 1 is 1.00 bits per heavy atom. The summed E-state index contributed by atoms with van der Waals surface area (Å²) in [6, 6.07) is 26.5. The highest BCUT2D eigenvalue weighted by atomic mass is 19.1. The van der Waals surface area contributed by atoms with Gasteiger partial charge in [-0.1, -0.05) is 36.4 Å². The molecule has 1 aliphatic rings. The second kappa shape index (κ2) is 12.7. The molecule has 3 aromatic carbocycles. The number of aldehydes is 1. The lowest BCUT2D eigenvalue weighted by Gasteiger charge is -2.17. The fourth-order valence-electron chi connectivity index (χ4n) is 6.34. The number of nitrogens with one attached hydrogen (secondary N) is 1. The minimum absolute atomic E-state index is 0.0716. The van der Waals surface area contributed by atoms with Crippen LogP contribution in [0.1, 0.15) is 49.9 Å². The van der Waals surface area contributed by atoms with Gasteiger partial charge in [-0.15, -0.1) is 0 Å². The van der Waals surface area contributed by atoms with Crippen LogP contribution in [0.5, 0.6) is 5.75 Å². The number of imidazole rings is 1. The third kappa shape index (κ3) is 5.62. The summed E-state index contributed by atoms with van der Waals surface area (Å²) in [5.41, 5.74) is 11.7. The number of nitrogen functional groups attached to an aromatic ring is 1. The van der Waals surface area contributed by atoms with E-state index in [0.717, 1.165) is 28.4 Å². The van der Waals surface area contributed by atoms with Crippen LogP contribution < -0.4 is 15.8 Å². The fraction of sp³-hybridized carbons (Fsp3) is 0.105. The summed E-state index contributed by atoms with van der Waals surface area (Å²) < 4.78 is 24.6. The van der Waals surface area contributed by atoms with Gasteiger partial charge >= 0.3 is 0 Å². The SMILES string of the molecule is Nc1ncccc1-c1nc2ccc(-n3cccn3)nc2n1-c1ccc2c(c1)CCC2NC(=O)c1cc(C=O)c(OCc2ccccc2)cc1F. The smallest absolute Gasteiger partial charge is 0.254 e. The summed E-state index contributed by atoms with van der Waals surface area (Å²) in [5.74, 6) is 0.215. The van der Waals surface area contributed by atoms with Gasteiger partial charge in [0.1, 0.15) is 29.5 Å². The lowest BCUT2D eigenvalue weighted by atomic mass is 10.1. The highest BCUT2D eigenvalue weighted by molar-refractivity contribution is 5.97. The molecule has 1 aliphatic carbocycles. The molecule has 4 heterocycles. The maximum Gasteiger partial charge on any atom is 0.254 e. The van der Waals surface area contributed by atoms with Crippen LogP contribution in [0.25, 0.3) is 34.1 Å². The Morgan fingerprint density at radius 2 is 1.88 bits per heavy atom. The average molecular weight is 665 g/mol. The number of pyridine rings is 2. The van der Waals surface area contributed by atoms with E-state index >= 15 is 4.39 Å². The summed E-state index contributed by atoms with van der Waals surface area (Å²) in [7, 11) is 0. The lowest BCUT2D eigenvalue weighted by Crippen LogP contribution is -2.28. The molecule has 0 fully saturated rings. The molecule has 0 spiro atoms. The van der Waals surface area contributed by atoms with Crippen molar-refractivity contribution in [3.8, 4) is 28.6 Å². The molecule has 8 rings (SSSR count). The Labute approximate surface area is 285 Å². The van der Waals surface area contributed by atoms with Gasteiger partial charge in [-0.3, -0.25) is 14.2 Å². The van der Waals surface area contributed by atoms with Gasteiger partial charge in [-0.25, -0.2) is 24.0 Å². The van der Waals surface area contributed by atoms with Crippen molar-refractivity contribution >= 4 is 29.2 Å². The van der Waals surface area contributed by atoms with Gasteiger partial charge in [0.05, 0.1) is 22.7 Å². The van der Waals surface area contributed by atoms with Crippen molar-refractivity contribution in [1.29, 1.82) is 0 Å². The van der Waals surface area contributed by atoms with Gasteiger partial charge in [0, 0.05) is 30.3 Å². The molecule has 50 heavy (non-hydrogen) atoms. The van der Waals surface area contributed by atoms with Crippen LogP contribution in [-0.2, 0) is 13.0 Å². The van der Waals surface area contributed by atoms with Crippen LogP contribution in [0.4, 0.5) is 10.2 Å². The minimum Gasteiger partial charge on any atom is -0.488 e. The number of benzene rings is 3. The van der Waals surface area contributed by atoms with Crippen LogP contribution >= 0.6 is 0 Å². The monoisotopic (exact) mass is 664 g/mol. The number of carbonyl (C=O) groups is 2. The van der Waals surface area contributed by atoms with Crippen LogP contribution in [-0.4, -0.2) is 41.5 Å². The molecule has 4 aromatic heterocycles. The summed E-state index contributed by atoms with van der Waals surface area (Å²) in [4.78, 5) is 39.4. The van der Waals surface area contributed by atoms with Gasteiger partial charge in [0.15, 0.2) is 23.6 Å². The molecule has 1 unspecified atom stereocenters. The van der Waals surface area contributed by atoms with Crippen molar-refractivity contribution in [3.63, 3.8) is 0 Å². The highest BCUT2D eigenvalue weighted by Crippen LogP contribution is 2.36. The first-order valence-corrected chi connectivity index (χ1v) is 16.0. The van der Waals surface area contributed by atoms with E-state index in [1.807, 2.05) is 83.6 Å². The normalized spacial score (nSPS) is 13.7. The maximum absolute atomic E-state index is 15.3. The van der Waals surface area contributed by atoms with E-state index in [1.165, 1.54) is 6.07 Å². The number of ether oxygens (including phenoxy) is 1. The quantitative estimate of drug-likeness (QED) is 0.174. The van der Waals surface area contributed by atoms with Gasteiger partial charge in [0.2, 0.25) is 0 Å². The number of halogens is 1. The zero-order chi connectivity index (χ0) is 34.2. The van der Waals surface area contributed by atoms with Crippen LogP contribution in [0.2, 0.25) is 0 Å². The van der Waals surface area contributed by atoms with Crippen molar-refractivity contribution in [2.45, 2.75) is 25.5 Å². The summed E-state index contributed by atoms with van der Waals surface area (Å²) >= 11 is 0. The Morgan fingerprint density at radius 3 is 2.68 bits per heavy atom. The zero-order valence-corrected chi connectivity index (χ0v) is 26.5. The first kappa shape index (κ1) is 30.6. The van der Waals surface area contributed by atoms with E-state index in [1.54, 1.807) is 23.1 Å². The third-order valence-corrected chi connectivity index (χ3v) is 8.78. The molecule has 12 heteroatoms. The number of aromatic nitrogens is 6. The van der Waals surface area contributed by atoms with E-state index in [4.69, 9.17) is 20.4 Å². The molecule has 0 radical (unpaired) electrons. The number of anilines is 1. The maximum atomic E-state index is 15.3. The van der Waals surface area contributed by atoms with E-state index < -0.39 is 11.7 Å². The Hall–Kier alpha value is -6.69. The summed E-state index contributed by atoms with van der Waals surface area (Å²) in [6.07, 6.45) is 6.98. The van der Waals surface area contributed by atoms with Crippen molar-refractivity contribution in [3.05, 3.63) is 143 Å². The third-order valence-electron chi connectivity index (χ3n) is 8.78.